The molecule has 0 radical (unpaired) electrons. The zero-order chi connectivity index (χ0) is 22.9. The maximum Gasteiger partial charge on any atom is 0.252 e. The first-order chi connectivity index (χ1) is 16.0. The lowest BCUT2D eigenvalue weighted by atomic mass is 9.91. The molecule has 5 rings (SSSR count). The summed E-state index contributed by atoms with van der Waals surface area (Å²) in [5, 5.41) is 14.8. The Hall–Kier alpha value is -4.06. The summed E-state index contributed by atoms with van der Waals surface area (Å²) in [6.07, 6.45) is 8.65. The lowest BCUT2D eigenvalue weighted by molar-refractivity contribution is 0.100. The van der Waals surface area contributed by atoms with Crippen LogP contribution in [0.25, 0.3) is 16.9 Å². The number of nitrogens with zero attached hydrogens (tertiary/aromatic N) is 5. The molecule has 0 spiro atoms. The van der Waals surface area contributed by atoms with E-state index in [2.05, 4.69) is 35.9 Å². The molecule has 0 aromatic carbocycles. The molecule has 2 atom stereocenters. The van der Waals surface area contributed by atoms with E-state index < -0.39 is 11.7 Å². The molecule has 4 aromatic rings. The lowest BCUT2D eigenvalue weighted by Crippen LogP contribution is -2.43. The maximum atomic E-state index is 14.8. The van der Waals surface area contributed by atoms with Crippen LogP contribution in [0.3, 0.4) is 0 Å². The van der Waals surface area contributed by atoms with Gasteiger partial charge < -0.3 is 27.1 Å². The molecule has 0 aliphatic heterocycles. The number of hydrogen-bond donors (Lipinski definition) is 5. The first-order valence-corrected chi connectivity index (χ1v) is 10.6. The Morgan fingerprint density at radius 2 is 2.06 bits per heavy atom. The molecule has 1 amide bonds. The molecule has 1 aliphatic rings. The highest BCUT2D eigenvalue weighted by Crippen LogP contribution is 2.30. The summed E-state index contributed by atoms with van der Waals surface area (Å²) < 4.78 is 16.3. The Labute approximate surface area is 187 Å². The smallest absolute Gasteiger partial charge is 0.252 e. The fourth-order valence-corrected chi connectivity index (χ4v) is 4.09. The number of fused-ring (bicyclic) bond motifs is 1. The van der Waals surface area contributed by atoms with Gasteiger partial charge in [-0.05, 0) is 25.0 Å². The summed E-state index contributed by atoms with van der Waals surface area (Å²) in [4.78, 5) is 24.0. The lowest BCUT2D eigenvalue weighted by Gasteiger charge is -2.30. The number of anilines is 3. The first kappa shape index (κ1) is 20.8. The number of aromatic nitrogens is 6. The Kier molecular flexibility index (Phi) is 5.34. The van der Waals surface area contributed by atoms with Gasteiger partial charge >= 0.3 is 0 Å². The van der Waals surface area contributed by atoms with Crippen LogP contribution in [-0.4, -0.2) is 47.9 Å². The molecule has 0 saturated heterocycles. The van der Waals surface area contributed by atoms with Crippen molar-refractivity contribution in [1.82, 2.24) is 29.9 Å². The van der Waals surface area contributed by atoms with Crippen LogP contribution < -0.4 is 22.1 Å². The quantitative estimate of drug-likeness (QED) is 0.298. The van der Waals surface area contributed by atoms with Gasteiger partial charge in [0.1, 0.15) is 11.5 Å². The third-order valence-corrected chi connectivity index (χ3v) is 5.81. The molecule has 170 valence electrons. The predicted molar refractivity (Wildman–Crippen MR) is 121 cm³/mol. The van der Waals surface area contributed by atoms with Gasteiger partial charge in [0, 0.05) is 29.7 Å². The van der Waals surface area contributed by atoms with Crippen molar-refractivity contribution in [2.24, 2.45) is 11.5 Å². The Morgan fingerprint density at radius 1 is 1.21 bits per heavy atom. The summed E-state index contributed by atoms with van der Waals surface area (Å²) in [6, 6.07) is 4.43. The highest BCUT2D eigenvalue weighted by molar-refractivity contribution is 6.00. The van der Waals surface area contributed by atoms with Crippen molar-refractivity contribution in [1.29, 1.82) is 0 Å². The fourth-order valence-electron chi connectivity index (χ4n) is 4.09. The van der Waals surface area contributed by atoms with Gasteiger partial charge in [-0.1, -0.05) is 18.1 Å². The molecule has 1 saturated carbocycles. The second-order valence-corrected chi connectivity index (χ2v) is 8.02. The van der Waals surface area contributed by atoms with Crippen LogP contribution >= 0.6 is 0 Å². The number of carbonyl (C=O) groups is 1. The molecule has 11 nitrogen and oxygen atoms in total. The molecular weight excluding hydrogens is 427 g/mol. The van der Waals surface area contributed by atoms with E-state index in [1.807, 2.05) is 6.07 Å². The number of nitrogens with two attached hydrogens (primary N) is 2. The molecule has 7 N–H and O–H groups in total. The molecule has 0 bridgehead atoms. The van der Waals surface area contributed by atoms with Crippen LogP contribution in [0.5, 0.6) is 0 Å². The standard InChI is InChI=1S/C21H23FN10O/c22-13-9-12(18(24)33)20(30-21(13)27-15-4-2-1-3-14(15)23)28-16-10-17(32-8-7-26-31-32)29-19-11(16)5-6-25-19/h5-10,14-15H,1-4,23H2,(H2,24,33)(H3,25,27,28,29,30)/t14-,15+/m0/s1. The van der Waals surface area contributed by atoms with Crippen molar-refractivity contribution < 1.29 is 9.18 Å². The summed E-state index contributed by atoms with van der Waals surface area (Å²) >= 11 is 0. The van der Waals surface area contributed by atoms with Gasteiger partial charge in [0.2, 0.25) is 0 Å². The van der Waals surface area contributed by atoms with Crippen molar-refractivity contribution in [2.45, 2.75) is 37.8 Å². The van der Waals surface area contributed by atoms with E-state index in [4.69, 9.17) is 11.5 Å². The topological polar surface area (TPSA) is 165 Å². The van der Waals surface area contributed by atoms with Crippen LogP contribution in [0.1, 0.15) is 36.0 Å². The highest BCUT2D eigenvalue weighted by atomic mass is 19.1. The number of hydrogen-bond acceptors (Lipinski definition) is 8. The SMILES string of the molecule is NC(=O)c1cc(F)c(N[C@@H]2CCCC[C@@H]2N)nc1Nc1cc(-n2ccnn2)nc2[nH]ccc12. The van der Waals surface area contributed by atoms with Crippen molar-refractivity contribution >= 4 is 34.3 Å². The molecule has 12 heteroatoms. The van der Waals surface area contributed by atoms with E-state index in [1.54, 1.807) is 18.5 Å². The third-order valence-electron chi connectivity index (χ3n) is 5.81. The Bertz CT molecular complexity index is 1300. The van der Waals surface area contributed by atoms with E-state index >= 15 is 0 Å². The highest BCUT2D eigenvalue weighted by Gasteiger charge is 2.25. The van der Waals surface area contributed by atoms with E-state index in [0.29, 0.717) is 17.2 Å². The molecule has 1 aliphatic carbocycles. The van der Waals surface area contributed by atoms with Crippen molar-refractivity contribution in [3.63, 3.8) is 0 Å². The normalized spacial score (nSPS) is 18.4. The van der Waals surface area contributed by atoms with Crippen LogP contribution in [-0.2, 0) is 0 Å². The second kappa shape index (κ2) is 8.47. The maximum absolute atomic E-state index is 14.8. The summed E-state index contributed by atoms with van der Waals surface area (Å²) in [7, 11) is 0. The second-order valence-electron chi connectivity index (χ2n) is 8.02. The van der Waals surface area contributed by atoms with Gasteiger partial charge in [-0.15, -0.1) is 5.10 Å². The monoisotopic (exact) mass is 450 g/mol. The minimum absolute atomic E-state index is 0.0146. The fraction of sp³-hybridized carbons (Fsp3) is 0.286. The van der Waals surface area contributed by atoms with Crippen molar-refractivity contribution in [3.05, 3.63) is 48.2 Å². The van der Waals surface area contributed by atoms with Crippen LogP contribution in [0.4, 0.5) is 21.7 Å². The number of amides is 1. The number of carbonyl (C=O) groups excluding carboxylic acids is 1. The zero-order valence-corrected chi connectivity index (χ0v) is 17.6. The Morgan fingerprint density at radius 3 is 2.82 bits per heavy atom. The number of H-pyrrole nitrogens is 1. The van der Waals surface area contributed by atoms with E-state index in [1.165, 1.54) is 10.9 Å². The first-order valence-electron chi connectivity index (χ1n) is 10.6. The zero-order valence-electron chi connectivity index (χ0n) is 17.6. The summed E-state index contributed by atoms with van der Waals surface area (Å²) in [5.41, 5.74) is 12.8. The molecule has 4 heterocycles. The number of rotatable bonds is 6. The Balaban J connectivity index is 1.55. The average Bonchev–Trinajstić information content (AvgIpc) is 3.49. The minimum atomic E-state index is -0.805. The molecule has 4 aromatic heterocycles. The van der Waals surface area contributed by atoms with Gasteiger partial charge in [0.15, 0.2) is 17.5 Å². The molecule has 1 fully saturated rings. The van der Waals surface area contributed by atoms with Gasteiger partial charge in [-0.25, -0.2) is 19.0 Å². The van der Waals surface area contributed by atoms with Crippen LogP contribution in [0.15, 0.2) is 36.8 Å². The largest absolute Gasteiger partial charge is 0.365 e. The van der Waals surface area contributed by atoms with E-state index in [0.717, 1.165) is 37.1 Å². The number of nitrogens with one attached hydrogen (secondary N) is 3. The van der Waals surface area contributed by atoms with Crippen molar-refractivity contribution in [2.75, 3.05) is 10.6 Å². The van der Waals surface area contributed by atoms with Gasteiger partial charge in [-0.2, -0.15) is 0 Å². The molecular formula is C21H23FN10O. The minimum Gasteiger partial charge on any atom is -0.365 e. The predicted octanol–water partition coefficient (Wildman–Crippen LogP) is 2.20. The van der Waals surface area contributed by atoms with Crippen molar-refractivity contribution in [3.8, 4) is 5.82 Å². The van der Waals surface area contributed by atoms with Gasteiger partial charge in [0.05, 0.1) is 23.6 Å². The van der Waals surface area contributed by atoms with Gasteiger partial charge in [-0.3, -0.25) is 4.79 Å². The summed E-state index contributed by atoms with van der Waals surface area (Å²) in [6.45, 7) is 0. The number of pyridine rings is 2. The summed E-state index contributed by atoms with van der Waals surface area (Å²) in [5.74, 6) is -0.855. The van der Waals surface area contributed by atoms with Crippen LogP contribution in [0.2, 0.25) is 0 Å². The molecule has 33 heavy (non-hydrogen) atoms. The molecule has 0 unspecified atom stereocenters. The number of primary amides is 1. The van der Waals surface area contributed by atoms with Crippen LogP contribution in [0, 0.1) is 5.82 Å². The van der Waals surface area contributed by atoms with Gasteiger partial charge in [0.25, 0.3) is 5.91 Å². The number of halogens is 1. The average molecular weight is 450 g/mol. The van der Waals surface area contributed by atoms with E-state index in [-0.39, 0.29) is 29.3 Å². The third kappa shape index (κ3) is 4.07. The van der Waals surface area contributed by atoms with E-state index in [9.17, 15) is 9.18 Å². The number of aromatic amines is 1.